The number of anilines is 3. The summed E-state index contributed by atoms with van der Waals surface area (Å²) in [5.74, 6) is -0.547. The normalized spacial score (nSPS) is 12.5. The highest BCUT2D eigenvalue weighted by Crippen LogP contribution is 2.36. The van der Waals surface area contributed by atoms with Crippen molar-refractivity contribution in [2.45, 2.75) is 32.7 Å². The monoisotopic (exact) mass is 259 g/mol. The summed E-state index contributed by atoms with van der Waals surface area (Å²) >= 11 is 5.80. The summed E-state index contributed by atoms with van der Waals surface area (Å²) in [6.45, 7) is 4.10. The van der Waals surface area contributed by atoms with Gasteiger partial charge >= 0.3 is 0 Å². The smallest absolute Gasteiger partial charge is 0.169 e. The minimum atomic E-state index is -0.547. The SMILES string of the molecule is CCCC(C)N(C)c1c(N)cc(N)c(Cl)c1F. The van der Waals surface area contributed by atoms with Crippen LogP contribution in [0.5, 0.6) is 0 Å². The van der Waals surface area contributed by atoms with E-state index in [-0.39, 0.29) is 16.8 Å². The summed E-state index contributed by atoms with van der Waals surface area (Å²) in [5, 5.41) is -0.0650. The van der Waals surface area contributed by atoms with Crippen molar-refractivity contribution in [1.82, 2.24) is 0 Å². The van der Waals surface area contributed by atoms with Crippen molar-refractivity contribution in [3.63, 3.8) is 0 Å². The molecule has 1 rings (SSSR count). The van der Waals surface area contributed by atoms with Crippen molar-refractivity contribution in [2.75, 3.05) is 23.4 Å². The maximum Gasteiger partial charge on any atom is 0.169 e. The number of benzene rings is 1. The standard InChI is InChI=1S/C12H19ClFN3/c1-4-5-7(2)17(3)12-9(16)6-8(15)10(13)11(12)14/h6-7H,4-5,15-16H2,1-3H3. The Bertz CT molecular complexity index is 409. The van der Waals surface area contributed by atoms with Gasteiger partial charge < -0.3 is 16.4 Å². The van der Waals surface area contributed by atoms with E-state index in [1.165, 1.54) is 6.07 Å². The Hall–Kier alpha value is -1.16. The molecule has 0 amide bonds. The Morgan fingerprint density at radius 2 is 2.00 bits per heavy atom. The molecule has 1 unspecified atom stereocenters. The number of nitrogen functional groups attached to an aromatic ring is 2. The van der Waals surface area contributed by atoms with E-state index in [4.69, 9.17) is 23.1 Å². The van der Waals surface area contributed by atoms with Gasteiger partial charge in [-0.05, 0) is 19.4 Å². The highest BCUT2D eigenvalue weighted by atomic mass is 35.5. The summed E-state index contributed by atoms with van der Waals surface area (Å²) in [6.07, 6.45) is 1.98. The first-order valence-corrected chi connectivity index (χ1v) is 6.03. The number of hydrogen-bond acceptors (Lipinski definition) is 3. The van der Waals surface area contributed by atoms with E-state index >= 15 is 0 Å². The first kappa shape index (κ1) is 13.9. The molecule has 17 heavy (non-hydrogen) atoms. The first-order valence-electron chi connectivity index (χ1n) is 5.65. The van der Waals surface area contributed by atoms with E-state index in [9.17, 15) is 4.39 Å². The van der Waals surface area contributed by atoms with E-state index in [2.05, 4.69) is 6.92 Å². The molecule has 0 saturated carbocycles. The maximum absolute atomic E-state index is 14.0. The molecule has 0 radical (unpaired) electrons. The Kier molecular flexibility index (Phi) is 4.46. The molecule has 0 aromatic heterocycles. The lowest BCUT2D eigenvalue weighted by atomic mass is 10.1. The molecular formula is C12H19ClFN3. The maximum atomic E-state index is 14.0. The Morgan fingerprint density at radius 3 is 2.53 bits per heavy atom. The number of nitrogens with two attached hydrogens (primary N) is 2. The van der Waals surface area contributed by atoms with E-state index in [1.54, 1.807) is 4.90 Å². The fraction of sp³-hybridized carbons (Fsp3) is 0.500. The molecule has 5 heteroatoms. The molecule has 0 aliphatic heterocycles. The van der Waals surface area contributed by atoms with Crippen LogP contribution >= 0.6 is 11.6 Å². The fourth-order valence-corrected chi connectivity index (χ4v) is 1.99. The summed E-state index contributed by atoms with van der Waals surface area (Å²) in [7, 11) is 1.81. The topological polar surface area (TPSA) is 55.3 Å². The molecule has 0 aliphatic rings. The molecule has 1 aromatic rings. The third kappa shape index (κ3) is 2.75. The van der Waals surface area contributed by atoms with E-state index < -0.39 is 5.82 Å². The van der Waals surface area contributed by atoms with Gasteiger partial charge in [-0.15, -0.1) is 0 Å². The molecule has 1 aromatic carbocycles. The van der Waals surface area contributed by atoms with Crippen LogP contribution in [0.25, 0.3) is 0 Å². The van der Waals surface area contributed by atoms with Crippen molar-refractivity contribution < 1.29 is 4.39 Å². The summed E-state index contributed by atoms with van der Waals surface area (Å²) in [6, 6.07) is 1.69. The van der Waals surface area contributed by atoms with Gasteiger partial charge in [-0.2, -0.15) is 0 Å². The van der Waals surface area contributed by atoms with Crippen LogP contribution < -0.4 is 16.4 Å². The molecule has 96 valence electrons. The predicted molar refractivity (Wildman–Crippen MR) is 73.0 cm³/mol. The van der Waals surface area contributed by atoms with Gasteiger partial charge in [0.25, 0.3) is 0 Å². The molecule has 1 atom stereocenters. The van der Waals surface area contributed by atoms with Crippen molar-refractivity contribution >= 4 is 28.7 Å². The number of hydrogen-bond donors (Lipinski definition) is 2. The van der Waals surface area contributed by atoms with Gasteiger partial charge in [0.2, 0.25) is 0 Å². The zero-order chi connectivity index (χ0) is 13.2. The van der Waals surface area contributed by atoms with Gasteiger partial charge in [0.1, 0.15) is 5.02 Å². The molecule has 4 N–H and O–H groups in total. The summed E-state index contributed by atoms with van der Waals surface area (Å²) < 4.78 is 14.0. The summed E-state index contributed by atoms with van der Waals surface area (Å²) in [4.78, 5) is 1.81. The summed E-state index contributed by atoms with van der Waals surface area (Å²) in [5.41, 5.74) is 12.2. The molecule has 0 bridgehead atoms. The second-order valence-electron chi connectivity index (χ2n) is 4.28. The average Bonchev–Trinajstić information content (AvgIpc) is 2.26. The number of rotatable bonds is 4. The third-order valence-corrected chi connectivity index (χ3v) is 3.34. The number of halogens is 2. The molecular weight excluding hydrogens is 241 g/mol. The highest BCUT2D eigenvalue weighted by Gasteiger charge is 2.20. The van der Waals surface area contributed by atoms with Crippen molar-refractivity contribution in [3.05, 3.63) is 16.9 Å². The van der Waals surface area contributed by atoms with E-state index in [0.717, 1.165) is 12.8 Å². The number of nitrogens with zero attached hydrogens (tertiary/aromatic N) is 1. The van der Waals surface area contributed by atoms with Gasteiger partial charge in [0.05, 0.1) is 17.1 Å². The van der Waals surface area contributed by atoms with Crippen LogP contribution in [0.3, 0.4) is 0 Å². The van der Waals surface area contributed by atoms with Crippen LogP contribution in [0.4, 0.5) is 21.5 Å². The lowest BCUT2D eigenvalue weighted by molar-refractivity contribution is 0.584. The third-order valence-electron chi connectivity index (χ3n) is 2.96. The molecule has 0 saturated heterocycles. The van der Waals surface area contributed by atoms with Crippen LogP contribution in [-0.2, 0) is 0 Å². The minimum Gasteiger partial charge on any atom is -0.397 e. The Labute approximate surface area is 107 Å². The van der Waals surface area contributed by atoms with Gasteiger partial charge in [-0.3, -0.25) is 0 Å². The first-order chi connectivity index (χ1) is 7.90. The zero-order valence-corrected chi connectivity index (χ0v) is 11.2. The lowest BCUT2D eigenvalue weighted by Gasteiger charge is -2.28. The van der Waals surface area contributed by atoms with Crippen molar-refractivity contribution in [2.24, 2.45) is 0 Å². The van der Waals surface area contributed by atoms with Crippen molar-refractivity contribution in [3.8, 4) is 0 Å². The molecule has 0 aliphatic carbocycles. The fourth-order valence-electron chi connectivity index (χ4n) is 1.85. The Morgan fingerprint density at radius 1 is 1.41 bits per heavy atom. The van der Waals surface area contributed by atoms with Crippen LogP contribution in [-0.4, -0.2) is 13.1 Å². The van der Waals surface area contributed by atoms with Crippen LogP contribution in [0.2, 0.25) is 5.02 Å². The second-order valence-corrected chi connectivity index (χ2v) is 4.66. The molecule has 0 fully saturated rings. The Balaban J connectivity index is 3.17. The lowest BCUT2D eigenvalue weighted by Crippen LogP contribution is -2.30. The van der Waals surface area contributed by atoms with Crippen molar-refractivity contribution in [1.29, 1.82) is 0 Å². The van der Waals surface area contributed by atoms with Gasteiger partial charge in [0.15, 0.2) is 5.82 Å². The zero-order valence-electron chi connectivity index (χ0n) is 10.4. The van der Waals surface area contributed by atoms with Crippen LogP contribution in [0.15, 0.2) is 6.07 Å². The highest BCUT2D eigenvalue weighted by molar-refractivity contribution is 6.33. The quantitative estimate of drug-likeness (QED) is 0.816. The molecule has 3 nitrogen and oxygen atoms in total. The van der Waals surface area contributed by atoms with E-state index in [0.29, 0.717) is 11.4 Å². The van der Waals surface area contributed by atoms with Gasteiger partial charge in [-0.1, -0.05) is 24.9 Å². The largest absolute Gasteiger partial charge is 0.397 e. The van der Waals surface area contributed by atoms with E-state index in [1.807, 2.05) is 14.0 Å². The van der Waals surface area contributed by atoms with Crippen LogP contribution in [0, 0.1) is 5.82 Å². The van der Waals surface area contributed by atoms with Gasteiger partial charge in [0, 0.05) is 13.1 Å². The molecule has 0 spiro atoms. The van der Waals surface area contributed by atoms with Gasteiger partial charge in [-0.25, -0.2) is 4.39 Å². The minimum absolute atomic E-state index is 0.0650. The molecule has 0 heterocycles. The average molecular weight is 260 g/mol. The predicted octanol–water partition coefficient (Wildman–Crippen LogP) is 3.27. The van der Waals surface area contributed by atoms with Crippen LogP contribution in [0.1, 0.15) is 26.7 Å². The second kappa shape index (κ2) is 5.45.